The molecule has 10 nitrogen and oxygen atoms in total. The number of aromatic nitrogens is 3. The number of halogens is 2. The van der Waals surface area contributed by atoms with Crippen LogP contribution in [0.15, 0.2) is 48.5 Å². The van der Waals surface area contributed by atoms with Gasteiger partial charge in [0.1, 0.15) is 17.3 Å². The van der Waals surface area contributed by atoms with Gasteiger partial charge >= 0.3 is 5.97 Å². The van der Waals surface area contributed by atoms with Gasteiger partial charge in [0.25, 0.3) is 0 Å². The van der Waals surface area contributed by atoms with Gasteiger partial charge in [-0.3, -0.25) is 9.48 Å². The number of nitrogens with zero attached hydrogens (tertiary/aromatic N) is 5. The number of rotatable bonds is 12. The number of fused-ring (bicyclic) bond motifs is 2. The molecule has 0 radical (unpaired) electrons. The van der Waals surface area contributed by atoms with E-state index in [4.69, 9.17) is 26.2 Å². The Bertz CT molecular complexity index is 2150. The van der Waals surface area contributed by atoms with Gasteiger partial charge in [-0.15, -0.1) is 0 Å². The van der Waals surface area contributed by atoms with Crippen LogP contribution in [-0.2, 0) is 29.5 Å². The predicted molar refractivity (Wildman–Crippen MR) is 206 cm³/mol. The van der Waals surface area contributed by atoms with E-state index in [-0.39, 0.29) is 30.3 Å². The Labute approximate surface area is 314 Å². The molecule has 53 heavy (non-hydrogen) atoms. The van der Waals surface area contributed by atoms with Crippen molar-refractivity contribution in [3.8, 4) is 16.9 Å². The summed E-state index contributed by atoms with van der Waals surface area (Å²) in [4.78, 5) is 31.1. The molecule has 3 aromatic carbocycles. The van der Waals surface area contributed by atoms with E-state index >= 15 is 0 Å². The SMILES string of the molecule is CCOC(=O)c1c(CCCOc2cccc3cc(F)ccc23)c2ccc(Cl)c(-c3c(C)nn(C)c3C)c2n1CCN1CCC(N2CCNCC2=O)CC1. The molecule has 4 heterocycles. The monoisotopic (exact) mass is 742 g/mol. The van der Waals surface area contributed by atoms with Crippen molar-refractivity contribution in [1.29, 1.82) is 0 Å². The molecule has 0 bridgehead atoms. The second kappa shape index (κ2) is 15.9. The molecule has 0 unspecified atom stereocenters. The van der Waals surface area contributed by atoms with Crippen molar-refractivity contribution in [3.05, 3.63) is 82.0 Å². The van der Waals surface area contributed by atoms with E-state index in [2.05, 4.69) is 19.7 Å². The molecule has 2 aliphatic heterocycles. The van der Waals surface area contributed by atoms with Gasteiger partial charge in [0.05, 0.1) is 36.0 Å². The fourth-order valence-corrected chi connectivity index (χ4v) is 8.51. The van der Waals surface area contributed by atoms with Crippen molar-refractivity contribution in [2.75, 3.05) is 52.5 Å². The molecule has 1 amide bonds. The number of piperazine rings is 1. The maximum atomic E-state index is 14.0. The number of likely N-dealkylation sites (tertiary alicyclic amines) is 1. The molecule has 1 N–H and O–H groups in total. The third kappa shape index (κ3) is 7.39. The van der Waals surface area contributed by atoms with Crippen LogP contribution in [-0.4, -0.2) is 94.5 Å². The van der Waals surface area contributed by atoms with Crippen molar-refractivity contribution in [1.82, 2.24) is 29.5 Å². The molecular formula is C41H48ClFN6O4. The normalized spacial score (nSPS) is 15.9. The van der Waals surface area contributed by atoms with Crippen LogP contribution >= 0.6 is 11.6 Å². The third-order valence-corrected chi connectivity index (χ3v) is 11.2. The van der Waals surface area contributed by atoms with Crippen LogP contribution in [0.3, 0.4) is 0 Å². The second-order valence-corrected chi connectivity index (χ2v) is 14.5. The van der Waals surface area contributed by atoms with Crippen molar-refractivity contribution in [2.24, 2.45) is 7.05 Å². The summed E-state index contributed by atoms with van der Waals surface area (Å²) >= 11 is 7.11. The van der Waals surface area contributed by atoms with E-state index < -0.39 is 0 Å². The number of esters is 1. The molecule has 2 aliphatic rings. The Morgan fingerprint density at radius 2 is 1.83 bits per heavy atom. The van der Waals surface area contributed by atoms with E-state index in [1.54, 1.807) is 6.07 Å². The predicted octanol–water partition coefficient (Wildman–Crippen LogP) is 6.69. The molecule has 0 atom stereocenters. The number of aryl methyl sites for hydroxylation is 3. The summed E-state index contributed by atoms with van der Waals surface area (Å²) in [6.45, 7) is 11.5. The molecule has 2 saturated heterocycles. The first-order valence-corrected chi connectivity index (χ1v) is 19.1. The second-order valence-electron chi connectivity index (χ2n) is 14.1. The summed E-state index contributed by atoms with van der Waals surface area (Å²) < 4.78 is 29.9. The minimum absolute atomic E-state index is 0.184. The molecule has 7 rings (SSSR count). The molecule has 2 fully saturated rings. The first-order chi connectivity index (χ1) is 25.7. The first-order valence-electron chi connectivity index (χ1n) is 18.7. The van der Waals surface area contributed by atoms with Crippen LogP contribution in [0, 0.1) is 19.7 Å². The number of hydrogen-bond donors (Lipinski definition) is 1. The number of nitrogens with one attached hydrogen (secondary N) is 1. The maximum absolute atomic E-state index is 14.0. The summed E-state index contributed by atoms with van der Waals surface area (Å²) in [5, 5.41) is 11.1. The van der Waals surface area contributed by atoms with Gasteiger partial charge in [0, 0.05) is 80.0 Å². The highest BCUT2D eigenvalue weighted by atomic mass is 35.5. The number of ether oxygens (including phenoxy) is 2. The Morgan fingerprint density at radius 1 is 1.04 bits per heavy atom. The van der Waals surface area contributed by atoms with Gasteiger partial charge in [0.15, 0.2) is 0 Å². The van der Waals surface area contributed by atoms with Crippen LogP contribution in [0.1, 0.15) is 53.6 Å². The zero-order chi connectivity index (χ0) is 37.2. The highest BCUT2D eigenvalue weighted by Crippen LogP contribution is 2.42. The van der Waals surface area contributed by atoms with E-state index in [1.807, 2.05) is 62.8 Å². The van der Waals surface area contributed by atoms with Crippen LogP contribution in [0.4, 0.5) is 4.39 Å². The average molecular weight is 743 g/mol. The maximum Gasteiger partial charge on any atom is 0.355 e. The lowest BCUT2D eigenvalue weighted by atomic mass is 9.98. The fourth-order valence-electron chi connectivity index (χ4n) is 8.26. The molecule has 280 valence electrons. The Morgan fingerprint density at radius 3 is 2.57 bits per heavy atom. The Kier molecular flexibility index (Phi) is 11.1. The minimum atomic E-state index is -0.367. The topological polar surface area (TPSA) is 93.9 Å². The van der Waals surface area contributed by atoms with E-state index in [1.165, 1.54) is 12.1 Å². The lowest BCUT2D eigenvalue weighted by molar-refractivity contribution is -0.135. The Balaban J connectivity index is 1.22. The number of amides is 1. The van der Waals surface area contributed by atoms with Crippen LogP contribution in [0.5, 0.6) is 5.75 Å². The number of carbonyl (C=O) groups excluding carboxylic acids is 2. The standard InChI is InChI=1S/C41H48ClFN6O4/c1-5-52-41(51)40-32(9-7-23-53-35-10-6-8-28-24-29(43)11-12-31(28)35)33-13-14-34(42)38(37-26(2)45-46(4)27(37)3)39(33)49(40)22-21-47-18-15-30(16-19-47)48-20-17-44-25-36(48)50/h6,8,10-14,24,30,44H,5,7,9,15-23,25H2,1-4H3. The summed E-state index contributed by atoms with van der Waals surface area (Å²) in [6, 6.07) is 14.5. The van der Waals surface area contributed by atoms with Crippen LogP contribution < -0.4 is 10.1 Å². The quantitative estimate of drug-likeness (QED) is 0.113. The van der Waals surface area contributed by atoms with E-state index in [0.717, 1.165) is 95.3 Å². The molecule has 0 saturated carbocycles. The molecule has 0 spiro atoms. The third-order valence-electron chi connectivity index (χ3n) is 10.9. The highest BCUT2D eigenvalue weighted by molar-refractivity contribution is 6.35. The molecule has 0 aliphatic carbocycles. The fraction of sp³-hybridized carbons (Fsp3) is 0.439. The van der Waals surface area contributed by atoms with Crippen LogP contribution in [0.2, 0.25) is 5.02 Å². The van der Waals surface area contributed by atoms with Crippen molar-refractivity contribution in [3.63, 3.8) is 0 Å². The minimum Gasteiger partial charge on any atom is -0.493 e. The summed E-state index contributed by atoms with van der Waals surface area (Å²) in [5.74, 6) is 0.221. The number of carbonyl (C=O) groups is 2. The average Bonchev–Trinajstić information content (AvgIpc) is 3.60. The lowest BCUT2D eigenvalue weighted by Gasteiger charge is -2.40. The van der Waals surface area contributed by atoms with Gasteiger partial charge in [-0.2, -0.15) is 5.10 Å². The highest BCUT2D eigenvalue weighted by Gasteiger charge is 2.31. The smallest absolute Gasteiger partial charge is 0.355 e. The van der Waals surface area contributed by atoms with Gasteiger partial charge in [-0.1, -0.05) is 29.8 Å². The van der Waals surface area contributed by atoms with Gasteiger partial charge in [-0.05, 0) is 87.7 Å². The summed E-state index contributed by atoms with van der Waals surface area (Å²) in [6.07, 6.45) is 3.04. The molecule has 12 heteroatoms. The molecule has 5 aromatic rings. The first kappa shape index (κ1) is 36.9. The van der Waals surface area contributed by atoms with Gasteiger partial charge in [-0.25, -0.2) is 9.18 Å². The van der Waals surface area contributed by atoms with Crippen molar-refractivity contribution in [2.45, 2.75) is 59.0 Å². The van der Waals surface area contributed by atoms with Crippen molar-refractivity contribution >= 4 is 45.2 Å². The summed E-state index contributed by atoms with van der Waals surface area (Å²) in [7, 11) is 1.93. The van der Waals surface area contributed by atoms with Gasteiger partial charge in [0.2, 0.25) is 5.91 Å². The Hall–Kier alpha value is -4.45. The van der Waals surface area contributed by atoms with Crippen LogP contribution in [0.25, 0.3) is 32.8 Å². The van der Waals surface area contributed by atoms with E-state index in [0.29, 0.717) is 49.0 Å². The molecular weight excluding hydrogens is 695 g/mol. The molecule has 2 aromatic heterocycles. The van der Waals surface area contributed by atoms with Gasteiger partial charge < -0.3 is 29.2 Å². The lowest BCUT2D eigenvalue weighted by Crippen LogP contribution is -2.55. The number of benzene rings is 3. The number of hydrogen-bond acceptors (Lipinski definition) is 7. The van der Waals surface area contributed by atoms with Crippen molar-refractivity contribution < 1.29 is 23.5 Å². The largest absolute Gasteiger partial charge is 0.493 e. The number of piperidine rings is 1. The zero-order valence-electron chi connectivity index (χ0n) is 31.0. The zero-order valence-corrected chi connectivity index (χ0v) is 31.8. The van der Waals surface area contributed by atoms with E-state index in [9.17, 15) is 14.0 Å². The summed E-state index contributed by atoms with van der Waals surface area (Å²) in [5.41, 5.74) is 5.99.